The van der Waals surface area contributed by atoms with Crippen LogP contribution in [-0.2, 0) is 6.54 Å². The Kier molecular flexibility index (Phi) is 3.79. The number of carbonyl (C=O) groups is 2. The minimum atomic E-state index is -0.554. The zero-order valence-corrected chi connectivity index (χ0v) is 13.0. The van der Waals surface area contributed by atoms with Crippen LogP contribution in [0.4, 0.5) is 5.69 Å². The van der Waals surface area contributed by atoms with Gasteiger partial charge in [0.25, 0.3) is 17.5 Å². The molecule has 3 rings (SSSR count). The van der Waals surface area contributed by atoms with Crippen molar-refractivity contribution in [2.24, 2.45) is 0 Å². The molecule has 2 aromatic rings. The molecule has 0 bridgehead atoms. The molecule has 0 N–H and O–H groups in total. The SMILES string of the molecule is O=C1c2cc(Cl)c(Cl)cc2C(=O)N1Cc1ccccc1[N+](=O)[O-]. The first-order chi connectivity index (χ1) is 10.9. The Hall–Kier alpha value is -2.44. The molecule has 0 saturated carbocycles. The molecule has 2 amide bonds. The molecule has 0 spiro atoms. The van der Waals surface area contributed by atoms with Gasteiger partial charge in [0.2, 0.25) is 0 Å². The van der Waals surface area contributed by atoms with E-state index in [2.05, 4.69) is 0 Å². The lowest BCUT2D eigenvalue weighted by Gasteiger charge is -2.13. The summed E-state index contributed by atoms with van der Waals surface area (Å²) in [5, 5.41) is 11.4. The molecular weight excluding hydrogens is 343 g/mol. The topological polar surface area (TPSA) is 80.5 Å². The Labute approximate surface area is 140 Å². The van der Waals surface area contributed by atoms with Crippen molar-refractivity contribution in [3.05, 3.63) is 73.2 Å². The largest absolute Gasteiger partial charge is 0.274 e. The van der Waals surface area contributed by atoms with Crippen molar-refractivity contribution in [1.29, 1.82) is 0 Å². The fourth-order valence-corrected chi connectivity index (χ4v) is 2.75. The highest BCUT2D eigenvalue weighted by Gasteiger charge is 2.37. The number of rotatable bonds is 3. The van der Waals surface area contributed by atoms with E-state index in [1.165, 1.54) is 30.3 Å². The van der Waals surface area contributed by atoms with Crippen LogP contribution >= 0.6 is 23.2 Å². The first kappa shape index (κ1) is 15.5. The minimum absolute atomic E-state index is 0.142. The summed E-state index contributed by atoms with van der Waals surface area (Å²) < 4.78 is 0. The van der Waals surface area contributed by atoms with Crippen molar-refractivity contribution >= 4 is 40.7 Å². The van der Waals surface area contributed by atoms with E-state index in [0.29, 0.717) is 0 Å². The van der Waals surface area contributed by atoms with Crippen molar-refractivity contribution < 1.29 is 14.5 Å². The van der Waals surface area contributed by atoms with Crippen LogP contribution in [0.15, 0.2) is 36.4 Å². The van der Waals surface area contributed by atoms with Crippen molar-refractivity contribution in [3.63, 3.8) is 0 Å². The number of imide groups is 1. The maximum atomic E-state index is 12.4. The lowest BCUT2D eigenvalue weighted by molar-refractivity contribution is -0.385. The molecule has 1 aliphatic heterocycles. The van der Waals surface area contributed by atoms with Gasteiger partial charge in [-0.05, 0) is 12.1 Å². The van der Waals surface area contributed by atoms with Crippen molar-refractivity contribution in [1.82, 2.24) is 4.90 Å². The summed E-state index contributed by atoms with van der Waals surface area (Å²) in [7, 11) is 0. The third kappa shape index (κ3) is 2.56. The standard InChI is InChI=1S/C15H8Cl2N2O4/c16-11-5-9-10(6-12(11)17)15(21)18(14(9)20)7-8-3-1-2-4-13(8)19(22)23/h1-6H,7H2. The van der Waals surface area contributed by atoms with Crippen molar-refractivity contribution in [3.8, 4) is 0 Å². The minimum Gasteiger partial charge on any atom is -0.270 e. The smallest absolute Gasteiger partial charge is 0.270 e. The molecule has 0 radical (unpaired) electrons. The predicted octanol–water partition coefficient (Wildman–Crippen LogP) is 3.70. The number of nitro benzene ring substituents is 1. The molecule has 0 aliphatic carbocycles. The van der Waals surface area contributed by atoms with Crippen LogP contribution in [0, 0.1) is 10.1 Å². The quantitative estimate of drug-likeness (QED) is 0.480. The van der Waals surface area contributed by atoms with Crippen LogP contribution in [-0.4, -0.2) is 21.6 Å². The van der Waals surface area contributed by atoms with Gasteiger partial charge in [-0.1, -0.05) is 41.4 Å². The van der Waals surface area contributed by atoms with Gasteiger partial charge in [0.15, 0.2) is 0 Å². The highest BCUT2D eigenvalue weighted by Crippen LogP contribution is 2.33. The van der Waals surface area contributed by atoms with Gasteiger partial charge in [0.05, 0.1) is 32.6 Å². The second kappa shape index (κ2) is 5.64. The van der Waals surface area contributed by atoms with Crippen LogP contribution in [0.25, 0.3) is 0 Å². The fraction of sp³-hybridized carbons (Fsp3) is 0.0667. The van der Waals surface area contributed by atoms with Crippen LogP contribution in [0.3, 0.4) is 0 Å². The molecule has 8 heteroatoms. The van der Waals surface area contributed by atoms with E-state index in [-0.39, 0.29) is 39.0 Å². The van der Waals surface area contributed by atoms with E-state index in [4.69, 9.17) is 23.2 Å². The summed E-state index contributed by atoms with van der Waals surface area (Å²) in [4.78, 5) is 36.2. The maximum Gasteiger partial charge on any atom is 0.274 e. The summed E-state index contributed by atoms with van der Waals surface area (Å²) in [6.07, 6.45) is 0. The van der Waals surface area contributed by atoms with Crippen LogP contribution < -0.4 is 0 Å². The number of benzene rings is 2. The Morgan fingerprint density at radius 1 is 1.00 bits per heavy atom. The Morgan fingerprint density at radius 2 is 1.52 bits per heavy atom. The number of nitro groups is 1. The average Bonchev–Trinajstić information content (AvgIpc) is 2.73. The van der Waals surface area contributed by atoms with Gasteiger partial charge in [-0.15, -0.1) is 0 Å². The number of para-hydroxylation sites is 1. The number of nitrogens with zero attached hydrogens (tertiary/aromatic N) is 2. The molecular formula is C15H8Cl2N2O4. The lowest BCUT2D eigenvalue weighted by atomic mass is 10.1. The van der Waals surface area contributed by atoms with E-state index in [1.54, 1.807) is 6.07 Å². The summed E-state index contributed by atoms with van der Waals surface area (Å²) in [5.41, 5.74) is 0.398. The molecule has 0 unspecified atom stereocenters. The Balaban J connectivity index is 1.99. The first-order valence-electron chi connectivity index (χ1n) is 6.47. The molecule has 0 saturated heterocycles. The molecule has 23 heavy (non-hydrogen) atoms. The van der Waals surface area contributed by atoms with Gasteiger partial charge in [-0.3, -0.25) is 24.6 Å². The average molecular weight is 351 g/mol. The van der Waals surface area contributed by atoms with Gasteiger partial charge in [-0.2, -0.15) is 0 Å². The number of amides is 2. The van der Waals surface area contributed by atoms with E-state index in [0.717, 1.165) is 4.90 Å². The molecule has 1 aliphatic rings. The van der Waals surface area contributed by atoms with Gasteiger partial charge in [0, 0.05) is 11.6 Å². The second-order valence-corrected chi connectivity index (χ2v) is 5.71. The molecule has 116 valence electrons. The number of hydrogen-bond acceptors (Lipinski definition) is 4. The Bertz CT molecular complexity index is 826. The summed E-state index contributed by atoms with van der Waals surface area (Å²) in [6, 6.07) is 8.61. The van der Waals surface area contributed by atoms with Crippen molar-refractivity contribution in [2.45, 2.75) is 6.54 Å². The highest BCUT2D eigenvalue weighted by molar-refractivity contribution is 6.43. The maximum absolute atomic E-state index is 12.4. The molecule has 6 nitrogen and oxygen atoms in total. The zero-order chi connectivity index (χ0) is 16.7. The van der Waals surface area contributed by atoms with E-state index >= 15 is 0 Å². The number of hydrogen-bond donors (Lipinski definition) is 0. The molecule has 0 fully saturated rings. The van der Waals surface area contributed by atoms with E-state index < -0.39 is 16.7 Å². The van der Waals surface area contributed by atoms with Crippen LogP contribution in [0.2, 0.25) is 10.0 Å². The van der Waals surface area contributed by atoms with Crippen LogP contribution in [0.5, 0.6) is 0 Å². The Morgan fingerprint density at radius 3 is 2.04 bits per heavy atom. The molecule has 0 atom stereocenters. The predicted molar refractivity (Wildman–Crippen MR) is 83.8 cm³/mol. The third-order valence-corrected chi connectivity index (χ3v) is 4.25. The van der Waals surface area contributed by atoms with Crippen LogP contribution in [0.1, 0.15) is 26.3 Å². The molecule has 2 aromatic carbocycles. The van der Waals surface area contributed by atoms with E-state index in [9.17, 15) is 19.7 Å². The lowest BCUT2D eigenvalue weighted by Crippen LogP contribution is -2.29. The van der Waals surface area contributed by atoms with Gasteiger partial charge < -0.3 is 0 Å². The van der Waals surface area contributed by atoms with Gasteiger partial charge in [-0.25, -0.2) is 0 Å². The normalized spacial score (nSPS) is 13.4. The number of fused-ring (bicyclic) bond motifs is 1. The number of carbonyl (C=O) groups excluding carboxylic acids is 2. The molecule has 0 aromatic heterocycles. The van der Waals surface area contributed by atoms with E-state index in [1.807, 2.05) is 0 Å². The van der Waals surface area contributed by atoms with Gasteiger partial charge in [0.1, 0.15) is 0 Å². The number of halogens is 2. The second-order valence-electron chi connectivity index (χ2n) is 4.89. The first-order valence-corrected chi connectivity index (χ1v) is 7.23. The summed E-state index contributed by atoms with van der Waals surface area (Å²) >= 11 is 11.8. The van der Waals surface area contributed by atoms with Gasteiger partial charge >= 0.3 is 0 Å². The fourth-order valence-electron chi connectivity index (χ4n) is 2.42. The zero-order valence-electron chi connectivity index (χ0n) is 11.5. The molecule has 1 heterocycles. The highest BCUT2D eigenvalue weighted by atomic mass is 35.5. The van der Waals surface area contributed by atoms with Crippen molar-refractivity contribution in [2.75, 3.05) is 0 Å². The summed E-state index contributed by atoms with van der Waals surface area (Å²) in [5.74, 6) is -1.11. The monoisotopic (exact) mass is 350 g/mol. The summed E-state index contributed by atoms with van der Waals surface area (Å²) in [6.45, 7) is -0.196. The third-order valence-electron chi connectivity index (χ3n) is 3.53.